The number of hydrogen-bond acceptors (Lipinski definition) is 6. The summed E-state index contributed by atoms with van der Waals surface area (Å²) in [5.74, 6) is -0.00388. The van der Waals surface area contributed by atoms with E-state index in [4.69, 9.17) is 11.6 Å². The molecule has 0 radical (unpaired) electrons. The predicted molar refractivity (Wildman–Crippen MR) is 93.2 cm³/mol. The second kappa shape index (κ2) is 7.80. The fraction of sp³-hybridized carbons (Fsp3) is 0.357. The number of nitrogens with zero attached hydrogens (tertiary/aromatic N) is 2. The molecule has 1 aromatic carbocycles. The van der Waals surface area contributed by atoms with Crippen molar-refractivity contribution < 1.29 is 4.79 Å². The van der Waals surface area contributed by atoms with Crippen LogP contribution < -0.4 is 10.6 Å². The van der Waals surface area contributed by atoms with Gasteiger partial charge in [0.25, 0.3) is 0 Å². The number of amides is 1. The van der Waals surface area contributed by atoms with E-state index >= 15 is 0 Å². The SMILES string of the molecule is CC(C)NC(=O)[C@H](C)Sc1nnc(Nc2ccccc2Cl)s1. The Morgan fingerprint density at radius 3 is 2.68 bits per heavy atom. The molecule has 8 heteroatoms. The third-order valence-electron chi connectivity index (χ3n) is 2.60. The summed E-state index contributed by atoms with van der Waals surface area (Å²) >= 11 is 8.87. The molecule has 1 atom stereocenters. The van der Waals surface area contributed by atoms with Gasteiger partial charge >= 0.3 is 0 Å². The molecule has 0 saturated carbocycles. The van der Waals surface area contributed by atoms with Crippen LogP contribution in [0.4, 0.5) is 10.8 Å². The molecule has 2 aromatic rings. The Bertz CT molecular complexity index is 647. The predicted octanol–water partition coefficient (Wildman–Crippen LogP) is 3.94. The van der Waals surface area contributed by atoms with Crippen LogP contribution in [0.3, 0.4) is 0 Å². The van der Waals surface area contributed by atoms with E-state index in [1.165, 1.54) is 23.1 Å². The van der Waals surface area contributed by atoms with Crippen LogP contribution in [0.1, 0.15) is 20.8 Å². The van der Waals surface area contributed by atoms with Crippen LogP contribution in [0.2, 0.25) is 5.02 Å². The largest absolute Gasteiger partial charge is 0.353 e. The second-order valence-corrected chi connectivity index (χ2v) is 7.87. The zero-order chi connectivity index (χ0) is 16.1. The Balaban J connectivity index is 1.97. The lowest BCUT2D eigenvalue weighted by Gasteiger charge is -2.12. The Labute approximate surface area is 142 Å². The summed E-state index contributed by atoms with van der Waals surface area (Å²) in [6.07, 6.45) is 0. The van der Waals surface area contributed by atoms with Crippen LogP contribution in [0, 0.1) is 0 Å². The molecule has 0 unspecified atom stereocenters. The van der Waals surface area contributed by atoms with Crippen molar-refractivity contribution in [2.24, 2.45) is 0 Å². The molecular formula is C14H17ClN4OS2. The van der Waals surface area contributed by atoms with Gasteiger partial charge in [-0.25, -0.2) is 0 Å². The minimum Gasteiger partial charge on any atom is -0.353 e. The van der Waals surface area contributed by atoms with Gasteiger partial charge in [-0.3, -0.25) is 4.79 Å². The van der Waals surface area contributed by atoms with Gasteiger partial charge in [-0.1, -0.05) is 46.8 Å². The van der Waals surface area contributed by atoms with Crippen molar-refractivity contribution >= 4 is 51.4 Å². The number of carbonyl (C=O) groups excluding carboxylic acids is 1. The first kappa shape index (κ1) is 17.1. The van der Waals surface area contributed by atoms with Crippen molar-refractivity contribution in [3.8, 4) is 0 Å². The van der Waals surface area contributed by atoms with Crippen LogP contribution >= 0.6 is 34.7 Å². The first-order valence-electron chi connectivity index (χ1n) is 6.78. The maximum atomic E-state index is 11.9. The van der Waals surface area contributed by atoms with Gasteiger partial charge < -0.3 is 10.6 Å². The zero-order valence-corrected chi connectivity index (χ0v) is 14.9. The van der Waals surface area contributed by atoms with Gasteiger partial charge in [-0.05, 0) is 32.9 Å². The van der Waals surface area contributed by atoms with E-state index in [0.29, 0.717) is 10.2 Å². The van der Waals surface area contributed by atoms with Crippen molar-refractivity contribution in [1.82, 2.24) is 15.5 Å². The standard InChI is InChI=1S/C14H17ClN4OS2/c1-8(2)16-12(20)9(3)21-14-19-18-13(22-14)17-11-7-5-4-6-10(11)15/h4-9H,1-3H3,(H,16,20)(H,17,18)/t9-/m0/s1. The van der Waals surface area contributed by atoms with Crippen molar-refractivity contribution in [1.29, 1.82) is 0 Å². The summed E-state index contributed by atoms with van der Waals surface area (Å²) in [4.78, 5) is 11.9. The maximum absolute atomic E-state index is 11.9. The summed E-state index contributed by atoms with van der Waals surface area (Å²) in [5.41, 5.74) is 0.780. The van der Waals surface area contributed by atoms with Gasteiger partial charge in [0.05, 0.1) is 16.0 Å². The Hall–Kier alpha value is -1.31. The van der Waals surface area contributed by atoms with Crippen molar-refractivity contribution in [2.45, 2.75) is 36.4 Å². The minimum atomic E-state index is -0.219. The fourth-order valence-corrected chi connectivity index (χ4v) is 3.69. The van der Waals surface area contributed by atoms with E-state index in [1.807, 2.05) is 39.0 Å². The van der Waals surface area contributed by atoms with Gasteiger partial charge in [-0.2, -0.15) is 0 Å². The van der Waals surface area contributed by atoms with Crippen LogP contribution in [0.15, 0.2) is 28.6 Å². The van der Waals surface area contributed by atoms with E-state index < -0.39 is 0 Å². The Morgan fingerprint density at radius 1 is 1.27 bits per heavy atom. The summed E-state index contributed by atoms with van der Waals surface area (Å²) < 4.78 is 0.737. The van der Waals surface area contributed by atoms with Gasteiger partial charge in [0.1, 0.15) is 0 Å². The molecule has 0 aliphatic heterocycles. The number of halogens is 1. The van der Waals surface area contributed by atoms with E-state index in [2.05, 4.69) is 20.8 Å². The molecule has 2 rings (SSSR count). The number of anilines is 2. The third kappa shape index (κ3) is 4.86. The Kier molecular flexibility index (Phi) is 6.05. The average molecular weight is 357 g/mol. The molecule has 2 N–H and O–H groups in total. The lowest BCUT2D eigenvalue weighted by molar-refractivity contribution is -0.120. The smallest absolute Gasteiger partial charge is 0.233 e. The molecule has 0 fully saturated rings. The minimum absolute atomic E-state index is 0.00388. The number of rotatable bonds is 6. The van der Waals surface area contributed by atoms with Crippen LogP contribution in [-0.4, -0.2) is 27.4 Å². The zero-order valence-electron chi connectivity index (χ0n) is 12.5. The maximum Gasteiger partial charge on any atom is 0.233 e. The first-order chi connectivity index (χ1) is 10.5. The van der Waals surface area contributed by atoms with E-state index in [0.717, 1.165) is 10.0 Å². The monoisotopic (exact) mass is 356 g/mol. The molecule has 0 saturated heterocycles. The average Bonchev–Trinajstić information content (AvgIpc) is 2.88. The summed E-state index contributed by atoms with van der Waals surface area (Å²) in [6, 6.07) is 7.56. The summed E-state index contributed by atoms with van der Waals surface area (Å²) in [5, 5.41) is 15.2. The van der Waals surface area contributed by atoms with Crippen molar-refractivity contribution in [3.63, 3.8) is 0 Å². The normalized spacial score (nSPS) is 12.2. The molecule has 0 aliphatic rings. The molecule has 1 aromatic heterocycles. The molecule has 118 valence electrons. The summed E-state index contributed by atoms with van der Waals surface area (Å²) in [7, 11) is 0. The molecule has 1 amide bonds. The van der Waals surface area contributed by atoms with Gasteiger partial charge in [0.2, 0.25) is 11.0 Å². The highest BCUT2D eigenvalue weighted by Crippen LogP contribution is 2.32. The number of aromatic nitrogens is 2. The van der Waals surface area contributed by atoms with Crippen LogP contribution in [0.25, 0.3) is 0 Å². The molecule has 0 bridgehead atoms. The fourth-order valence-electron chi connectivity index (χ4n) is 1.59. The number of benzene rings is 1. The first-order valence-corrected chi connectivity index (χ1v) is 8.85. The number of hydrogen-bond donors (Lipinski definition) is 2. The second-order valence-electron chi connectivity index (χ2n) is 4.90. The van der Waals surface area contributed by atoms with Gasteiger partial charge in [0, 0.05) is 6.04 Å². The summed E-state index contributed by atoms with van der Waals surface area (Å²) in [6.45, 7) is 5.72. The number of para-hydroxylation sites is 1. The van der Waals surface area contributed by atoms with E-state index in [-0.39, 0.29) is 17.2 Å². The molecular weight excluding hydrogens is 340 g/mol. The van der Waals surface area contributed by atoms with Crippen molar-refractivity contribution in [3.05, 3.63) is 29.3 Å². The number of nitrogens with one attached hydrogen (secondary N) is 2. The topological polar surface area (TPSA) is 66.9 Å². The Morgan fingerprint density at radius 2 is 2.00 bits per heavy atom. The molecule has 1 heterocycles. The lowest BCUT2D eigenvalue weighted by atomic mass is 10.3. The van der Waals surface area contributed by atoms with Gasteiger partial charge in [0.15, 0.2) is 4.34 Å². The molecule has 0 spiro atoms. The van der Waals surface area contributed by atoms with Crippen molar-refractivity contribution in [2.75, 3.05) is 5.32 Å². The highest BCUT2D eigenvalue weighted by Gasteiger charge is 2.17. The van der Waals surface area contributed by atoms with Crippen LogP contribution in [-0.2, 0) is 4.79 Å². The molecule has 0 aliphatic carbocycles. The number of thioether (sulfide) groups is 1. The molecule has 22 heavy (non-hydrogen) atoms. The third-order valence-corrected chi connectivity index (χ3v) is 4.95. The molecule has 5 nitrogen and oxygen atoms in total. The quantitative estimate of drug-likeness (QED) is 0.767. The van der Waals surface area contributed by atoms with E-state index in [1.54, 1.807) is 6.07 Å². The highest BCUT2D eigenvalue weighted by atomic mass is 35.5. The van der Waals surface area contributed by atoms with Gasteiger partial charge in [-0.15, -0.1) is 10.2 Å². The van der Waals surface area contributed by atoms with Crippen LogP contribution in [0.5, 0.6) is 0 Å². The number of carbonyl (C=O) groups is 1. The van der Waals surface area contributed by atoms with E-state index in [9.17, 15) is 4.79 Å². The lowest BCUT2D eigenvalue weighted by Crippen LogP contribution is -2.35. The highest BCUT2D eigenvalue weighted by molar-refractivity contribution is 8.02.